The second-order valence-corrected chi connectivity index (χ2v) is 5.72. The molecule has 0 saturated heterocycles. The van der Waals surface area contributed by atoms with Crippen molar-refractivity contribution < 1.29 is 4.79 Å². The lowest BCUT2D eigenvalue weighted by Crippen LogP contribution is -2.39. The van der Waals surface area contributed by atoms with Crippen molar-refractivity contribution in [2.45, 2.75) is 45.1 Å². The van der Waals surface area contributed by atoms with Gasteiger partial charge in [-0.3, -0.25) is 10.6 Å². The molecule has 3 N–H and O–H groups in total. The van der Waals surface area contributed by atoms with Gasteiger partial charge in [0.1, 0.15) is 0 Å². The van der Waals surface area contributed by atoms with Crippen molar-refractivity contribution in [2.24, 2.45) is 11.8 Å². The first-order valence-corrected chi connectivity index (χ1v) is 7.49. The molecule has 0 aromatic heterocycles. The fourth-order valence-corrected chi connectivity index (χ4v) is 3.02. The van der Waals surface area contributed by atoms with Gasteiger partial charge in [0.2, 0.25) is 0 Å². The zero-order valence-electron chi connectivity index (χ0n) is 12.4. The molecule has 1 saturated carbocycles. The topological polar surface area (TPSA) is 58.4 Å². The minimum atomic E-state index is 0.105. The average Bonchev–Trinajstić information content (AvgIpc) is 2.53. The van der Waals surface area contributed by atoms with E-state index in [1.165, 1.54) is 19.3 Å². The summed E-state index contributed by atoms with van der Waals surface area (Å²) in [5.74, 6) is 6.29. The van der Waals surface area contributed by atoms with Crippen LogP contribution in [0.15, 0.2) is 24.3 Å². The van der Waals surface area contributed by atoms with Gasteiger partial charge in [-0.15, -0.1) is 0 Å². The highest BCUT2D eigenvalue weighted by molar-refractivity contribution is 5.94. The number of carbonyl (C=O) groups is 1. The highest BCUT2D eigenvalue weighted by Gasteiger charge is 2.26. The van der Waals surface area contributed by atoms with Crippen LogP contribution in [0.5, 0.6) is 0 Å². The summed E-state index contributed by atoms with van der Waals surface area (Å²) in [5, 5.41) is 0. The summed E-state index contributed by atoms with van der Waals surface area (Å²) in [6.07, 6.45) is 6.01. The number of nitrogens with one attached hydrogen (secondary N) is 1. The third-order valence-corrected chi connectivity index (χ3v) is 4.56. The van der Waals surface area contributed by atoms with E-state index in [9.17, 15) is 4.79 Å². The van der Waals surface area contributed by atoms with Crippen molar-refractivity contribution in [3.8, 4) is 0 Å². The lowest BCUT2D eigenvalue weighted by Gasteiger charge is -2.34. The van der Waals surface area contributed by atoms with Gasteiger partial charge in [0.05, 0.1) is 0 Å². The molecule has 0 atom stereocenters. The Hall–Kier alpha value is -1.55. The number of benzene rings is 1. The number of nitrogens with zero attached hydrogens (tertiary/aromatic N) is 1. The number of carbonyl (C=O) groups excluding carboxylic acids is 1. The number of nitrogens with two attached hydrogens (primary N) is 1. The summed E-state index contributed by atoms with van der Waals surface area (Å²) < 4.78 is 0. The van der Waals surface area contributed by atoms with E-state index in [0.717, 1.165) is 30.0 Å². The largest absolute Gasteiger partial charge is 0.339 e. The molecular formula is C16H25N3O. The number of hydrogen-bond acceptors (Lipinski definition) is 3. The van der Waals surface area contributed by atoms with Crippen molar-refractivity contribution in [3.63, 3.8) is 0 Å². The van der Waals surface area contributed by atoms with Gasteiger partial charge in [-0.2, -0.15) is 0 Å². The Labute approximate surface area is 121 Å². The molecule has 2 rings (SSSR count). The van der Waals surface area contributed by atoms with Gasteiger partial charge in [0.25, 0.3) is 5.91 Å². The Kier molecular flexibility index (Phi) is 5.01. The van der Waals surface area contributed by atoms with Crippen LogP contribution in [0.25, 0.3) is 0 Å². The van der Waals surface area contributed by atoms with Crippen molar-refractivity contribution >= 4 is 11.6 Å². The second kappa shape index (κ2) is 6.75. The van der Waals surface area contributed by atoms with Crippen LogP contribution in [-0.4, -0.2) is 23.9 Å². The van der Waals surface area contributed by atoms with Gasteiger partial charge in [0.15, 0.2) is 0 Å². The Morgan fingerprint density at radius 2 is 1.85 bits per heavy atom. The Bertz CT molecular complexity index is 436. The van der Waals surface area contributed by atoms with E-state index in [0.29, 0.717) is 6.04 Å². The van der Waals surface area contributed by atoms with Crippen LogP contribution >= 0.6 is 0 Å². The van der Waals surface area contributed by atoms with E-state index >= 15 is 0 Å². The van der Waals surface area contributed by atoms with E-state index in [1.54, 1.807) is 0 Å². The number of hydrazine groups is 1. The minimum absolute atomic E-state index is 0.105. The van der Waals surface area contributed by atoms with Crippen molar-refractivity contribution in [1.29, 1.82) is 0 Å². The third-order valence-electron chi connectivity index (χ3n) is 4.56. The van der Waals surface area contributed by atoms with E-state index in [-0.39, 0.29) is 5.91 Å². The highest BCUT2D eigenvalue weighted by atomic mass is 16.2. The fourth-order valence-electron chi connectivity index (χ4n) is 3.02. The molecule has 0 heterocycles. The molecule has 1 aromatic rings. The van der Waals surface area contributed by atoms with Gasteiger partial charge >= 0.3 is 0 Å². The van der Waals surface area contributed by atoms with Gasteiger partial charge in [-0.1, -0.05) is 13.3 Å². The number of rotatable bonds is 4. The summed E-state index contributed by atoms with van der Waals surface area (Å²) in [4.78, 5) is 14.4. The lowest BCUT2D eigenvalue weighted by atomic mass is 9.84. The number of nitrogen functional groups attached to an aromatic ring is 1. The number of amides is 1. The molecular weight excluding hydrogens is 250 g/mol. The maximum atomic E-state index is 12.5. The number of hydrogen-bond donors (Lipinski definition) is 2. The van der Waals surface area contributed by atoms with Crippen molar-refractivity contribution in [2.75, 3.05) is 12.5 Å². The van der Waals surface area contributed by atoms with E-state index in [2.05, 4.69) is 12.3 Å². The Balaban J connectivity index is 1.97. The van der Waals surface area contributed by atoms with Crippen LogP contribution in [-0.2, 0) is 0 Å². The standard InChI is InChI=1S/C16H25N3O/c1-3-12-4-10-15(11-5-12)19(2)16(20)13-6-8-14(18-17)9-7-13/h6-9,12,15,18H,3-5,10-11,17H2,1-2H3. The van der Waals surface area contributed by atoms with E-state index in [1.807, 2.05) is 36.2 Å². The van der Waals surface area contributed by atoms with Crippen LogP contribution in [0.4, 0.5) is 5.69 Å². The maximum Gasteiger partial charge on any atom is 0.253 e. The summed E-state index contributed by atoms with van der Waals surface area (Å²) in [5.41, 5.74) is 4.11. The van der Waals surface area contributed by atoms with Crippen LogP contribution in [0.1, 0.15) is 49.4 Å². The zero-order chi connectivity index (χ0) is 14.5. The number of anilines is 1. The second-order valence-electron chi connectivity index (χ2n) is 5.72. The molecule has 0 bridgehead atoms. The molecule has 110 valence electrons. The predicted molar refractivity (Wildman–Crippen MR) is 82.4 cm³/mol. The molecule has 0 aliphatic heterocycles. The zero-order valence-corrected chi connectivity index (χ0v) is 12.4. The van der Waals surface area contributed by atoms with Crippen molar-refractivity contribution in [1.82, 2.24) is 4.90 Å². The minimum Gasteiger partial charge on any atom is -0.339 e. The summed E-state index contributed by atoms with van der Waals surface area (Å²) in [6.45, 7) is 2.26. The van der Waals surface area contributed by atoms with E-state index < -0.39 is 0 Å². The van der Waals surface area contributed by atoms with Crippen LogP contribution in [0, 0.1) is 5.92 Å². The van der Waals surface area contributed by atoms with Crippen LogP contribution in [0.3, 0.4) is 0 Å². The molecule has 0 radical (unpaired) electrons. The smallest absolute Gasteiger partial charge is 0.253 e. The predicted octanol–water partition coefficient (Wildman–Crippen LogP) is 3.01. The summed E-state index contributed by atoms with van der Waals surface area (Å²) >= 11 is 0. The molecule has 0 unspecified atom stereocenters. The first-order valence-electron chi connectivity index (χ1n) is 7.49. The molecule has 4 heteroatoms. The first-order chi connectivity index (χ1) is 9.65. The molecule has 1 fully saturated rings. The normalized spacial score (nSPS) is 22.4. The average molecular weight is 275 g/mol. The third kappa shape index (κ3) is 3.31. The van der Waals surface area contributed by atoms with Gasteiger partial charge in [0, 0.05) is 24.3 Å². The molecule has 4 nitrogen and oxygen atoms in total. The molecule has 20 heavy (non-hydrogen) atoms. The van der Waals surface area contributed by atoms with Crippen LogP contribution in [0.2, 0.25) is 0 Å². The Morgan fingerprint density at radius 1 is 1.25 bits per heavy atom. The van der Waals surface area contributed by atoms with Crippen LogP contribution < -0.4 is 11.3 Å². The van der Waals surface area contributed by atoms with Crippen molar-refractivity contribution in [3.05, 3.63) is 29.8 Å². The van der Waals surface area contributed by atoms with E-state index in [4.69, 9.17) is 5.84 Å². The summed E-state index contributed by atoms with van der Waals surface area (Å²) in [7, 11) is 1.92. The van der Waals surface area contributed by atoms with Gasteiger partial charge in [-0.05, 0) is 55.9 Å². The molecule has 1 amide bonds. The first kappa shape index (κ1) is 14.9. The monoisotopic (exact) mass is 275 g/mol. The SMILES string of the molecule is CCC1CCC(N(C)C(=O)c2ccc(NN)cc2)CC1. The van der Waals surface area contributed by atoms with Gasteiger partial charge < -0.3 is 10.3 Å². The molecule has 1 aromatic carbocycles. The Morgan fingerprint density at radius 3 is 2.35 bits per heavy atom. The molecule has 1 aliphatic carbocycles. The quantitative estimate of drug-likeness (QED) is 0.656. The fraction of sp³-hybridized carbons (Fsp3) is 0.562. The highest BCUT2D eigenvalue weighted by Crippen LogP contribution is 2.29. The lowest BCUT2D eigenvalue weighted by molar-refractivity contribution is 0.0674. The summed E-state index contributed by atoms with van der Waals surface area (Å²) in [6, 6.07) is 7.69. The van der Waals surface area contributed by atoms with Gasteiger partial charge in [-0.25, -0.2) is 0 Å². The molecule has 1 aliphatic rings. The maximum absolute atomic E-state index is 12.5. The molecule has 0 spiro atoms.